The van der Waals surface area contributed by atoms with Crippen molar-refractivity contribution in [2.75, 3.05) is 44.7 Å². The van der Waals surface area contributed by atoms with E-state index in [4.69, 9.17) is 14.2 Å². The Hall–Kier alpha value is -4.40. The van der Waals surface area contributed by atoms with Crippen LogP contribution in [0.25, 0.3) is 5.69 Å². The van der Waals surface area contributed by atoms with Crippen molar-refractivity contribution >= 4 is 17.9 Å². The number of ether oxygens (including phenoxy) is 3. The molecule has 43 heavy (non-hydrogen) atoms. The first kappa shape index (κ1) is 31.5. The lowest BCUT2D eigenvalue weighted by atomic mass is 10.1. The number of nitrogens with one attached hydrogen (secondary N) is 1. The van der Waals surface area contributed by atoms with E-state index in [1.165, 1.54) is 23.9 Å². The molecule has 0 radical (unpaired) electrons. The molecule has 0 spiro atoms. The number of nitrogens with zero attached hydrogens (tertiary/aromatic N) is 7. The van der Waals surface area contributed by atoms with E-state index in [0.29, 0.717) is 55.6 Å². The fourth-order valence-electron chi connectivity index (χ4n) is 4.48. The molecule has 2 aromatic heterocycles. The van der Waals surface area contributed by atoms with Gasteiger partial charge in [-0.25, -0.2) is 18.3 Å². The van der Waals surface area contributed by atoms with E-state index in [1.807, 2.05) is 9.80 Å². The third-order valence-corrected chi connectivity index (χ3v) is 6.69. The lowest BCUT2D eigenvalue weighted by Gasteiger charge is -2.40. The van der Waals surface area contributed by atoms with Crippen LogP contribution >= 0.6 is 0 Å². The minimum Gasteiger partial charge on any atom is -0.470 e. The maximum absolute atomic E-state index is 12.9. The number of rotatable bonds is 10. The predicted octanol–water partition coefficient (Wildman–Crippen LogP) is 3.07. The number of anilines is 1. The summed E-state index contributed by atoms with van der Waals surface area (Å²) in [5.74, 6) is 0.439. The molecular weight excluding hydrogens is 566 g/mol. The van der Waals surface area contributed by atoms with Crippen molar-refractivity contribution in [2.24, 2.45) is 0 Å². The lowest BCUT2D eigenvalue weighted by molar-refractivity contribution is -0.147. The fourth-order valence-corrected chi connectivity index (χ4v) is 4.48. The highest BCUT2D eigenvalue weighted by Crippen LogP contribution is 2.23. The molecule has 1 atom stereocenters. The molecule has 13 nitrogen and oxygen atoms in total. The maximum atomic E-state index is 12.9. The van der Waals surface area contributed by atoms with Gasteiger partial charge in [0.25, 0.3) is 6.43 Å². The minimum absolute atomic E-state index is 0.0733. The van der Waals surface area contributed by atoms with Gasteiger partial charge in [-0.3, -0.25) is 9.69 Å². The maximum Gasteiger partial charge on any atom is 0.407 e. The largest absolute Gasteiger partial charge is 0.470 e. The third-order valence-electron chi connectivity index (χ3n) is 6.69. The quantitative estimate of drug-likeness (QED) is 0.343. The van der Waals surface area contributed by atoms with E-state index in [-0.39, 0.29) is 24.0 Å². The van der Waals surface area contributed by atoms with Crippen LogP contribution < -0.4 is 15.0 Å². The summed E-state index contributed by atoms with van der Waals surface area (Å²) in [5, 5.41) is 19.4. The van der Waals surface area contributed by atoms with Gasteiger partial charge in [-0.15, -0.1) is 15.3 Å². The average Bonchev–Trinajstić information content (AvgIpc) is 3.35. The van der Waals surface area contributed by atoms with Crippen LogP contribution in [0, 0.1) is 6.92 Å². The van der Waals surface area contributed by atoms with Crippen molar-refractivity contribution in [3.63, 3.8) is 0 Å². The number of hydrogen-bond donors (Lipinski definition) is 1. The molecule has 4 rings (SSSR count). The van der Waals surface area contributed by atoms with Crippen LogP contribution in [0.3, 0.4) is 0 Å². The van der Waals surface area contributed by atoms with Crippen LogP contribution in [-0.2, 0) is 20.9 Å². The van der Waals surface area contributed by atoms with E-state index in [1.54, 1.807) is 52.0 Å². The molecule has 15 heteroatoms. The molecule has 232 valence electrons. The highest BCUT2D eigenvalue weighted by atomic mass is 19.3. The number of alkyl carbamates (subject to hydrolysis) is 1. The zero-order valence-corrected chi connectivity index (χ0v) is 24.8. The van der Waals surface area contributed by atoms with Gasteiger partial charge >= 0.3 is 12.1 Å². The summed E-state index contributed by atoms with van der Waals surface area (Å²) < 4.78 is 43.5. The second-order valence-electron chi connectivity index (χ2n) is 10.9. The molecule has 0 bridgehead atoms. The molecule has 1 N–H and O–H groups in total. The van der Waals surface area contributed by atoms with E-state index in [2.05, 4.69) is 25.8 Å². The molecule has 0 unspecified atom stereocenters. The van der Waals surface area contributed by atoms with Crippen LogP contribution in [0.2, 0.25) is 0 Å². The van der Waals surface area contributed by atoms with E-state index >= 15 is 0 Å². The van der Waals surface area contributed by atoms with Gasteiger partial charge in [0, 0.05) is 44.4 Å². The summed E-state index contributed by atoms with van der Waals surface area (Å²) in [5.41, 5.74) is 1.15. The van der Waals surface area contributed by atoms with Gasteiger partial charge in [0.05, 0.1) is 18.5 Å². The summed E-state index contributed by atoms with van der Waals surface area (Å²) in [6, 6.07) is 8.64. The molecule has 1 amide bonds. The number of esters is 1. The van der Waals surface area contributed by atoms with Gasteiger partial charge in [-0.2, -0.15) is 0 Å². The second kappa shape index (κ2) is 13.7. The molecule has 1 aliphatic heterocycles. The molecule has 0 aliphatic carbocycles. The number of alkyl halides is 2. The van der Waals surface area contributed by atoms with Gasteiger partial charge in [-0.05, 0) is 45.9 Å². The number of aromatic nitrogens is 5. The predicted molar refractivity (Wildman–Crippen MR) is 151 cm³/mol. The van der Waals surface area contributed by atoms with Crippen molar-refractivity contribution in [3.05, 3.63) is 53.3 Å². The zero-order chi connectivity index (χ0) is 31.1. The molecule has 1 fully saturated rings. The number of methoxy groups -OCH3 is 1. The summed E-state index contributed by atoms with van der Waals surface area (Å²) in [4.78, 5) is 28.4. The Morgan fingerprint density at radius 3 is 2.44 bits per heavy atom. The first-order valence-electron chi connectivity index (χ1n) is 13.7. The molecule has 3 heterocycles. The Morgan fingerprint density at radius 1 is 1.07 bits per heavy atom. The van der Waals surface area contributed by atoms with Gasteiger partial charge in [-0.1, -0.05) is 17.3 Å². The Morgan fingerprint density at radius 2 is 1.81 bits per heavy atom. The molecular formula is C28H36F2N8O5. The molecule has 1 saturated heterocycles. The van der Waals surface area contributed by atoms with Crippen molar-refractivity contribution in [3.8, 4) is 11.6 Å². The highest BCUT2D eigenvalue weighted by Gasteiger charge is 2.34. The summed E-state index contributed by atoms with van der Waals surface area (Å²) in [6.45, 7) is 9.39. The van der Waals surface area contributed by atoms with Crippen molar-refractivity contribution in [1.82, 2.24) is 35.4 Å². The van der Waals surface area contributed by atoms with Crippen LogP contribution in [0.15, 0.2) is 36.4 Å². The summed E-state index contributed by atoms with van der Waals surface area (Å²) >= 11 is 0. The summed E-state index contributed by atoms with van der Waals surface area (Å²) in [6.07, 6.45) is -3.07. The fraction of sp³-hybridized carbons (Fsp3) is 0.500. The van der Waals surface area contributed by atoms with Crippen molar-refractivity contribution in [1.29, 1.82) is 0 Å². The Bertz CT molecular complexity index is 1380. The van der Waals surface area contributed by atoms with Crippen LogP contribution in [0.1, 0.15) is 44.1 Å². The Labute approximate surface area is 248 Å². The topological polar surface area (TPSA) is 137 Å². The Balaban J connectivity index is 1.35. The average molecular weight is 603 g/mol. The SMILES string of the molecule is COC(=O)[C@@H]1CN(c2ccc(OCc3c(C)nnn3-c3ccc(C(F)F)cc3)nn2)CCN1CCNC(=O)OC(C)(C)C. The molecule has 1 aromatic carbocycles. The zero-order valence-electron chi connectivity index (χ0n) is 24.8. The van der Waals surface area contributed by atoms with Crippen LogP contribution in [0.4, 0.5) is 19.4 Å². The van der Waals surface area contributed by atoms with Gasteiger partial charge in [0.15, 0.2) is 5.82 Å². The van der Waals surface area contributed by atoms with Gasteiger partial charge in [0.2, 0.25) is 5.88 Å². The summed E-state index contributed by atoms with van der Waals surface area (Å²) in [7, 11) is 1.34. The lowest BCUT2D eigenvalue weighted by Crippen LogP contribution is -2.58. The number of hydrogen-bond acceptors (Lipinski definition) is 11. The normalized spacial score (nSPS) is 15.8. The van der Waals surface area contributed by atoms with Gasteiger partial charge < -0.3 is 24.4 Å². The number of carbonyl (C=O) groups is 2. The number of piperazine rings is 1. The van der Waals surface area contributed by atoms with Crippen LogP contribution in [-0.4, -0.2) is 93.6 Å². The number of aryl methyl sites for hydroxylation is 1. The van der Waals surface area contributed by atoms with Gasteiger partial charge in [0.1, 0.15) is 23.9 Å². The molecule has 0 saturated carbocycles. The number of benzene rings is 1. The molecule has 3 aromatic rings. The number of amides is 1. The monoisotopic (exact) mass is 602 g/mol. The van der Waals surface area contributed by atoms with Crippen molar-refractivity contribution < 1.29 is 32.6 Å². The number of carbonyl (C=O) groups excluding carboxylic acids is 2. The van der Waals surface area contributed by atoms with E-state index in [9.17, 15) is 18.4 Å². The standard InChI is InChI=1S/C28H36F2N8O5/c1-18-22(38(35-32-18)20-8-6-19(7-9-20)25(29)30)17-42-24-11-10-23(33-34-24)37-15-14-36(21(16-37)26(39)41-5)13-12-31-27(40)43-28(2,3)4/h6-11,21,25H,12-17H2,1-5H3,(H,31,40)/t21-/m0/s1. The van der Waals surface area contributed by atoms with E-state index < -0.39 is 24.2 Å². The Kier molecular flexibility index (Phi) is 10.1. The highest BCUT2D eigenvalue weighted by molar-refractivity contribution is 5.77. The first-order valence-corrected chi connectivity index (χ1v) is 13.7. The number of halogens is 2. The smallest absolute Gasteiger partial charge is 0.407 e. The third kappa shape index (κ3) is 8.34. The first-order chi connectivity index (χ1) is 20.4. The second-order valence-corrected chi connectivity index (χ2v) is 10.9. The van der Waals surface area contributed by atoms with Crippen LogP contribution in [0.5, 0.6) is 5.88 Å². The minimum atomic E-state index is -2.56. The molecule has 1 aliphatic rings. The van der Waals surface area contributed by atoms with E-state index in [0.717, 1.165) is 0 Å². The van der Waals surface area contributed by atoms with Crippen molar-refractivity contribution in [2.45, 2.75) is 52.4 Å².